The van der Waals surface area contributed by atoms with Crippen molar-refractivity contribution in [2.45, 2.75) is 56.5 Å². The zero-order chi connectivity index (χ0) is 18.1. The molecule has 0 atom stereocenters. The summed E-state index contributed by atoms with van der Waals surface area (Å²) in [5.41, 5.74) is 4.12. The Bertz CT molecular complexity index is 896. The van der Waals surface area contributed by atoms with E-state index >= 15 is 0 Å². The number of rotatable bonds is 5. The van der Waals surface area contributed by atoms with E-state index in [2.05, 4.69) is 74.2 Å². The molecule has 1 aliphatic carbocycles. The molecular weight excluding hydrogens is 426 g/mol. The molecule has 136 valence electrons. The number of nitrogens with zero attached hydrogens (tertiary/aromatic N) is 3. The quantitative estimate of drug-likeness (QED) is 0.416. The minimum absolute atomic E-state index is 0.339. The van der Waals surface area contributed by atoms with Gasteiger partial charge in [-0.25, -0.2) is 0 Å². The molecule has 0 amide bonds. The molecule has 6 heteroatoms. The fourth-order valence-corrected chi connectivity index (χ4v) is 5.85. The van der Waals surface area contributed by atoms with Gasteiger partial charge >= 0.3 is 0 Å². The van der Waals surface area contributed by atoms with Gasteiger partial charge in [-0.1, -0.05) is 39.8 Å². The van der Waals surface area contributed by atoms with Crippen molar-refractivity contribution in [1.29, 1.82) is 0 Å². The lowest BCUT2D eigenvalue weighted by Crippen LogP contribution is -2.07. The first kappa shape index (κ1) is 18.3. The summed E-state index contributed by atoms with van der Waals surface area (Å²) in [7, 11) is 0. The second-order valence-electron chi connectivity index (χ2n) is 6.94. The monoisotopic (exact) mass is 447 g/mol. The van der Waals surface area contributed by atoms with Gasteiger partial charge in [-0.3, -0.25) is 4.57 Å². The third kappa shape index (κ3) is 3.64. The van der Waals surface area contributed by atoms with Crippen LogP contribution in [0.2, 0.25) is 0 Å². The van der Waals surface area contributed by atoms with Gasteiger partial charge in [-0.15, -0.1) is 21.5 Å². The smallest absolute Gasteiger partial charge is 0.192 e. The number of hydrogen-bond donors (Lipinski definition) is 0. The Morgan fingerprint density at radius 3 is 2.69 bits per heavy atom. The molecule has 3 aromatic rings. The summed E-state index contributed by atoms with van der Waals surface area (Å²) in [5.74, 6) is 1.94. The van der Waals surface area contributed by atoms with Gasteiger partial charge in [0.15, 0.2) is 11.0 Å². The van der Waals surface area contributed by atoms with Crippen LogP contribution in [0.15, 0.2) is 39.3 Å². The number of fused-ring (bicyclic) bond motifs is 1. The molecule has 0 spiro atoms. The molecule has 0 saturated heterocycles. The van der Waals surface area contributed by atoms with Crippen LogP contribution in [0.1, 0.15) is 48.7 Å². The standard InChI is InChI=1S/C20H22BrN3S2/c1-13(2)24-19(17-12-25-18-6-4-3-5-16(17)18)22-23-20(24)26-11-14-7-9-15(21)10-8-14/h7-10,12-13H,3-6,11H2,1-2H3. The van der Waals surface area contributed by atoms with Crippen LogP contribution in [0.4, 0.5) is 0 Å². The molecule has 0 saturated carbocycles. The molecule has 3 nitrogen and oxygen atoms in total. The van der Waals surface area contributed by atoms with Crippen molar-refractivity contribution < 1.29 is 0 Å². The van der Waals surface area contributed by atoms with E-state index in [4.69, 9.17) is 0 Å². The highest BCUT2D eigenvalue weighted by Crippen LogP contribution is 2.38. The summed E-state index contributed by atoms with van der Waals surface area (Å²) in [4.78, 5) is 1.55. The Morgan fingerprint density at radius 1 is 1.15 bits per heavy atom. The number of thioether (sulfide) groups is 1. The van der Waals surface area contributed by atoms with Gasteiger partial charge in [0.2, 0.25) is 0 Å². The van der Waals surface area contributed by atoms with Crippen LogP contribution in [0.25, 0.3) is 11.4 Å². The number of thiophene rings is 1. The molecule has 0 bridgehead atoms. The fraction of sp³-hybridized carbons (Fsp3) is 0.400. The lowest BCUT2D eigenvalue weighted by molar-refractivity contribution is 0.554. The Labute approximate surface area is 171 Å². The first-order valence-corrected chi connectivity index (χ1v) is 11.7. The van der Waals surface area contributed by atoms with Crippen LogP contribution < -0.4 is 0 Å². The minimum atomic E-state index is 0.339. The van der Waals surface area contributed by atoms with Gasteiger partial charge in [-0.05, 0) is 62.8 Å². The van der Waals surface area contributed by atoms with E-state index < -0.39 is 0 Å². The largest absolute Gasteiger partial charge is 0.299 e. The number of hydrogen-bond acceptors (Lipinski definition) is 4. The molecular formula is C20H22BrN3S2. The second-order valence-corrected chi connectivity index (χ2v) is 9.77. The molecule has 1 aliphatic rings. The third-order valence-electron chi connectivity index (χ3n) is 4.76. The second kappa shape index (κ2) is 7.87. The average Bonchev–Trinajstić information content (AvgIpc) is 3.25. The summed E-state index contributed by atoms with van der Waals surface area (Å²) in [6, 6.07) is 8.83. The van der Waals surface area contributed by atoms with E-state index in [1.807, 2.05) is 11.3 Å². The van der Waals surface area contributed by atoms with Crippen LogP contribution in [0.5, 0.6) is 0 Å². The van der Waals surface area contributed by atoms with E-state index in [-0.39, 0.29) is 0 Å². The first-order valence-electron chi connectivity index (χ1n) is 9.05. The van der Waals surface area contributed by atoms with Crippen molar-refractivity contribution in [1.82, 2.24) is 14.8 Å². The summed E-state index contributed by atoms with van der Waals surface area (Å²) < 4.78 is 3.42. The number of aryl methyl sites for hydroxylation is 1. The first-order chi connectivity index (χ1) is 12.6. The van der Waals surface area contributed by atoms with E-state index in [9.17, 15) is 0 Å². The lowest BCUT2D eigenvalue weighted by Gasteiger charge is -2.16. The van der Waals surface area contributed by atoms with Crippen LogP contribution in [0, 0.1) is 0 Å². The molecule has 26 heavy (non-hydrogen) atoms. The maximum Gasteiger partial charge on any atom is 0.192 e. The van der Waals surface area contributed by atoms with Crippen molar-refractivity contribution in [3.63, 3.8) is 0 Å². The summed E-state index contributed by atoms with van der Waals surface area (Å²) in [6.45, 7) is 4.44. The number of benzene rings is 1. The molecule has 0 radical (unpaired) electrons. The van der Waals surface area contributed by atoms with Crippen LogP contribution in [0.3, 0.4) is 0 Å². The number of halogens is 1. The topological polar surface area (TPSA) is 30.7 Å². The van der Waals surface area contributed by atoms with E-state index in [1.54, 1.807) is 16.6 Å². The molecule has 2 heterocycles. The van der Waals surface area contributed by atoms with Gasteiger partial charge in [0.25, 0.3) is 0 Å². The van der Waals surface area contributed by atoms with Gasteiger partial charge < -0.3 is 0 Å². The van der Waals surface area contributed by atoms with Gasteiger partial charge in [0.05, 0.1) is 0 Å². The van der Waals surface area contributed by atoms with Gasteiger partial charge in [0.1, 0.15) is 0 Å². The van der Waals surface area contributed by atoms with Crippen LogP contribution in [-0.4, -0.2) is 14.8 Å². The van der Waals surface area contributed by atoms with E-state index in [0.29, 0.717) is 6.04 Å². The van der Waals surface area contributed by atoms with Crippen molar-refractivity contribution in [2.24, 2.45) is 0 Å². The lowest BCUT2D eigenvalue weighted by atomic mass is 9.95. The van der Waals surface area contributed by atoms with Crippen molar-refractivity contribution in [2.75, 3.05) is 0 Å². The molecule has 1 aromatic carbocycles. The molecule has 0 unspecified atom stereocenters. The minimum Gasteiger partial charge on any atom is -0.299 e. The normalized spacial score (nSPS) is 14.0. The molecule has 4 rings (SSSR count). The summed E-state index contributed by atoms with van der Waals surface area (Å²) >= 11 is 7.16. The highest BCUT2D eigenvalue weighted by Gasteiger charge is 2.23. The highest BCUT2D eigenvalue weighted by atomic mass is 79.9. The Kier molecular flexibility index (Phi) is 5.53. The predicted octanol–water partition coefficient (Wildman–Crippen LogP) is 6.52. The Morgan fingerprint density at radius 2 is 1.92 bits per heavy atom. The predicted molar refractivity (Wildman–Crippen MR) is 114 cm³/mol. The molecule has 2 aromatic heterocycles. The third-order valence-corrected chi connectivity index (χ3v) is 7.40. The van der Waals surface area contributed by atoms with Crippen molar-refractivity contribution >= 4 is 39.0 Å². The van der Waals surface area contributed by atoms with Crippen LogP contribution in [-0.2, 0) is 18.6 Å². The van der Waals surface area contributed by atoms with Gasteiger partial charge in [-0.2, -0.15) is 0 Å². The summed E-state index contributed by atoms with van der Waals surface area (Å²) in [6.07, 6.45) is 5.01. The van der Waals surface area contributed by atoms with Crippen molar-refractivity contribution in [3.8, 4) is 11.4 Å². The maximum absolute atomic E-state index is 4.61. The Balaban J connectivity index is 1.63. The average molecular weight is 448 g/mol. The van der Waals surface area contributed by atoms with Gasteiger partial charge in [0, 0.05) is 32.1 Å². The SMILES string of the molecule is CC(C)n1c(SCc2ccc(Br)cc2)nnc1-c1csc2c1CCCC2. The maximum atomic E-state index is 4.61. The fourth-order valence-electron chi connectivity index (χ4n) is 3.43. The number of aromatic nitrogens is 3. The zero-order valence-electron chi connectivity index (χ0n) is 15.0. The van der Waals surface area contributed by atoms with Crippen molar-refractivity contribution in [3.05, 3.63) is 50.1 Å². The highest BCUT2D eigenvalue weighted by molar-refractivity contribution is 9.10. The van der Waals surface area contributed by atoms with E-state index in [0.717, 1.165) is 21.2 Å². The summed E-state index contributed by atoms with van der Waals surface area (Å²) in [5, 5.41) is 12.5. The molecule has 0 aliphatic heterocycles. The molecule has 0 fully saturated rings. The molecule has 0 N–H and O–H groups in total. The Hall–Kier alpha value is -1.11. The van der Waals surface area contributed by atoms with Crippen LogP contribution >= 0.6 is 39.0 Å². The zero-order valence-corrected chi connectivity index (χ0v) is 18.3. The van der Waals surface area contributed by atoms with E-state index in [1.165, 1.54) is 42.4 Å².